The van der Waals surface area contributed by atoms with E-state index in [0.29, 0.717) is 12.1 Å². The number of benzene rings is 1. The number of aliphatic imine (C=N–C) groups is 1. The minimum atomic E-state index is -5.96. The topological polar surface area (TPSA) is 65.3 Å². The fourth-order valence-corrected chi connectivity index (χ4v) is 2.70. The molecule has 1 aliphatic heterocycles. The van der Waals surface area contributed by atoms with Gasteiger partial charge in [0.2, 0.25) is 6.17 Å². The molecule has 2 rings (SSSR count). The molecule has 0 spiro atoms. The molecule has 1 aliphatic rings. The van der Waals surface area contributed by atoms with E-state index < -0.39 is 35.8 Å². The van der Waals surface area contributed by atoms with Crippen LogP contribution in [0, 0.1) is 10.8 Å². The van der Waals surface area contributed by atoms with Crippen LogP contribution in [0.2, 0.25) is 0 Å². The number of nitroso groups, excluding NO2 is 1. The zero-order valence-electron chi connectivity index (χ0n) is 13.6. The molecule has 0 saturated heterocycles. The van der Waals surface area contributed by atoms with Crippen molar-refractivity contribution in [1.82, 2.24) is 0 Å². The van der Waals surface area contributed by atoms with Gasteiger partial charge >= 0.3 is 12.4 Å². The van der Waals surface area contributed by atoms with E-state index in [1.807, 2.05) is 0 Å². The molecule has 26 heavy (non-hydrogen) atoms. The molecular weight excluding hydrogens is 368 g/mol. The van der Waals surface area contributed by atoms with Gasteiger partial charge in [-0.25, -0.2) is 0 Å². The summed E-state index contributed by atoms with van der Waals surface area (Å²) in [5, 5.41) is 12.2. The van der Waals surface area contributed by atoms with Gasteiger partial charge in [0.1, 0.15) is 6.17 Å². The maximum atomic E-state index is 12.9. The Balaban J connectivity index is 2.46. The quantitative estimate of drug-likeness (QED) is 0.632. The first-order valence-electron chi connectivity index (χ1n) is 7.45. The summed E-state index contributed by atoms with van der Waals surface area (Å²) in [7, 11) is 0. The summed E-state index contributed by atoms with van der Waals surface area (Å²) in [5.74, 6) is -0.0973. The molecule has 1 heterocycles. The smallest absolute Gasteiger partial charge is 0.369 e. The van der Waals surface area contributed by atoms with Crippen LogP contribution in [0.3, 0.4) is 0 Å². The lowest BCUT2D eigenvalue weighted by Crippen LogP contribution is -2.53. The number of hydrogen-bond donors (Lipinski definition) is 1. The van der Waals surface area contributed by atoms with E-state index in [-0.39, 0.29) is 11.6 Å². The number of anilines is 1. The van der Waals surface area contributed by atoms with E-state index in [4.69, 9.17) is 0 Å². The first kappa shape index (κ1) is 20.1. The van der Waals surface area contributed by atoms with Gasteiger partial charge in [-0.1, -0.05) is 26.0 Å². The number of halogens is 6. The van der Waals surface area contributed by atoms with Gasteiger partial charge in [-0.15, -0.1) is 4.91 Å². The van der Waals surface area contributed by atoms with Gasteiger partial charge in [-0.3, -0.25) is 4.99 Å². The standard InChI is InChI=1S/C15H15F6N3O2/c1-8(2)12-22-7-11(23-26)24(12)10-5-3-9(4-6-10)13(25,14(16,17)18)15(19,20)21/h3-8,11-12,25H,1-2H3. The highest BCUT2D eigenvalue weighted by molar-refractivity contribution is 5.75. The van der Waals surface area contributed by atoms with Gasteiger partial charge < -0.3 is 10.0 Å². The van der Waals surface area contributed by atoms with Gasteiger partial charge in [0.25, 0.3) is 5.60 Å². The second kappa shape index (κ2) is 6.53. The van der Waals surface area contributed by atoms with Gasteiger partial charge in [0, 0.05) is 17.5 Å². The van der Waals surface area contributed by atoms with E-state index in [0.717, 1.165) is 12.1 Å². The normalized spacial score (nSPS) is 21.5. The molecule has 11 heteroatoms. The Labute approximate surface area is 144 Å². The van der Waals surface area contributed by atoms with E-state index in [1.165, 1.54) is 11.1 Å². The number of nitrogens with zero attached hydrogens (tertiary/aromatic N) is 3. The first-order valence-corrected chi connectivity index (χ1v) is 7.45. The molecule has 144 valence electrons. The van der Waals surface area contributed by atoms with Crippen LogP contribution in [0.4, 0.5) is 32.0 Å². The third-order valence-corrected chi connectivity index (χ3v) is 4.05. The maximum absolute atomic E-state index is 12.9. The molecule has 1 aromatic rings. The minimum absolute atomic E-state index is 0.0973. The lowest BCUT2D eigenvalue weighted by atomic mass is 9.92. The van der Waals surface area contributed by atoms with Crippen LogP contribution in [0.15, 0.2) is 34.4 Å². The largest absolute Gasteiger partial charge is 0.430 e. The second-order valence-corrected chi connectivity index (χ2v) is 6.13. The van der Waals surface area contributed by atoms with Gasteiger partial charge in [0.15, 0.2) is 0 Å². The van der Waals surface area contributed by atoms with Crippen molar-refractivity contribution in [3.05, 3.63) is 34.7 Å². The monoisotopic (exact) mass is 383 g/mol. The average Bonchev–Trinajstić information content (AvgIpc) is 2.96. The van der Waals surface area contributed by atoms with Gasteiger partial charge in [0.05, 0.1) is 0 Å². The van der Waals surface area contributed by atoms with E-state index in [9.17, 15) is 36.4 Å². The summed E-state index contributed by atoms with van der Waals surface area (Å²) in [6, 6.07) is 2.96. The lowest BCUT2D eigenvalue weighted by molar-refractivity contribution is -0.376. The Hall–Kier alpha value is -2.17. The molecule has 0 amide bonds. The van der Waals surface area contributed by atoms with E-state index in [2.05, 4.69) is 10.2 Å². The molecule has 0 bridgehead atoms. The third-order valence-electron chi connectivity index (χ3n) is 4.05. The molecule has 0 fully saturated rings. The van der Waals surface area contributed by atoms with Crippen molar-refractivity contribution in [3.63, 3.8) is 0 Å². The number of rotatable bonds is 4. The lowest BCUT2D eigenvalue weighted by Gasteiger charge is -2.34. The number of alkyl halides is 6. The van der Waals surface area contributed by atoms with Crippen LogP contribution in [-0.4, -0.2) is 36.0 Å². The highest BCUT2D eigenvalue weighted by atomic mass is 19.4. The summed E-state index contributed by atoms with van der Waals surface area (Å²) >= 11 is 0. The highest BCUT2D eigenvalue weighted by Gasteiger charge is 2.71. The predicted octanol–water partition coefficient (Wildman–Crippen LogP) is 3.96. The molecule has 0 saturated carbocycles. The third kappa shape index (κ3) is 3.15. The van der Waals surface area contributed by atoms with Crippen LogP contribution in [0.25, 0.3) is 0 Å². The zero-order valence-corrected chi connectivity index (χ0v) is 13.6. The van der Waals surface area contributed by atoms with Crippen LogP contribution < -0.4 is 4.90 Å². The summed E-state index contributed by atoms with van der Waals surface area (Å²) < 4.78 is 77.5. The summed E-state index contributed by atoms with van der Waals surface area (Å²) in [4.78, 5) is 16.4. The molecule has 5 nitrogen and oxygen atoms in total. The zero-order chi connectivity index (χ0) is 19.9. The van der Waals surface area contributed by atoms with Crippen LogP contribution in [-0.2, 0) is 5.60 Å². The van der Waals surface area contributed by atoms with E-state index >= 15 is 0 Å². The molecule has 2 unspecified atom stereocenters. The molecular formula is C15H15F6N3O2. The predicted molar refractivity (Wildman–Crippen MR) is 81.6 cm³/mol. The minimum Gasteiger partial charge on any atom is -0.369 e. The van der Waals surface area contributed by atoms with E-state index in [1.54, 1.807) is 13.8 Å². The fraction of sp³-hybridized carbons (Fsp3) is 0.533. The van der Waals surface area contributed by atoms with Gasteiger partial charge in [-0.2, -0.15) is 26.3 Å². The second-order valence-electron chi connectivity index (χ2n) is 6.13. The fourth-order valence-electron chi connectivity index (χ4n) is 2.70. The Bertz CT molecular complexity index is 670. The van der Waals surface area contributed by atoms with Crippen molar-refractivity contribution in [2.24, 2.45) is 16.1 Å². The Kier molecular flexibility index (Phi) is 5.06. The number of hydrogen-bond acceptors (Lipinski definition) is 5. The maximum Gasteiger partial charge on any atom is 0.430 e. The highest BCUT2D eigenvalue weighted by Crippen LogP contribution is 2.50. The van der Waals surface area contributed by atoms with Crippen molar-refractivity contribution in [2.75, 3.05) is 4.90 Å². The van der Waals surface area contributed by atoms with Crippen molar-refractivity contribution in [1.29, 1.82) is 0 Å². The molecule has 1 aromatic carbocycles. The summed E-state index contributed by atoms with van der Waals surface area (Å²) in [6.45, 7) is 3.56. The average molecular weight is 383 g/mol. The van der Waals surface area contributed by atoms with Crippen LogP contribution in [0.5, 0.6) is 0 Å². The Morgan fingerprint density at radius 1 is 1.08 bits per heavy atom. The molecule has 0 radical (unpaired) electrons. The van der Waals surface area contributed by atoms with Crippen LogP contribution >= 0.6 is 0 Å². The number of aliphatic hydroxyl groups is 1. The van der Waals surface area contributed by atoms with Crippen molar-refractivity contribution in [2.45, 2.75) is 44.1 Å². The Morgan fingerprint density at radius 2 is 1.58 bits per heavy atom. The molecule has 1 N–H and O–H groups in total. The summed E-state index contributed by atoms with van der Waals surface area (Å²) in [5.41, 5.74) is -6.22. The molecule has 0 aromatic heterocycles. The summed E-state index contributed by atoms with van der Waals surface area (Å²) in [6.07, 6.45) is -12.2. The molecule has 0 aliphatic carbocycles. The van der Waals surface area contributed by atoms with Crippen LogP contribution in [0.1, 0.15) is 19.4 Å². The SMILES string of the molecule is CC(C)C1N=CC(N=O)N1c1ccc(C(O)(C(F)(F)F)C(F)(F)F)cc1. The first-order chi connectivity index (χ1) is 11.8. The van der Waals surface area contributed by atoms with Crippen molar-refractivity contribution >= 4 is 11.9 Å². The van der Waals surface area contributed by atoms with Crippen molar-refractivity contribution < 1.29 is 31.4 Å². The molecule has 2 atom stereocenters. The van der Waals surface area contributed by atoms with Crippen molar-refractivity contribution in [3.8, 4) is 0 Å². The Morgan fingerprint density at radius 3 is 1.96 bits per heavy atom. The van der Waals surface area contributed by atoms with Gasteiger partial charge in [-0.05, 0) is 23.2 Å².